The van der Waals surface area contributed by atoms with Crippen LogP contribution >= 0.6 is 0 Å². The van der Waals surface area contributed by atoms with Crippen LogP contribution in [0.15, 0.2) is 0 Å². The topological polar surface area (TPSA) is 50.3 Å². The monoisotopic (exact) mass is 263 g/mol. The highest BCUT2D eigenvalue weighted by molar-refractivity contribution is 5.67. The molecule has 0 unspecified atom stereocenters. The number of anilines is 2. The molecule has 1 saturated heterocycles. The maximum Gasteiger partial charge on any atom is 0.150 e. The average molecular weight is 263 g/mol. The van der Waals surface area contributed by atoms with Crippen molar-refractivity contribution in [3.05, 3.63) is 5.69 Å². The maximum atomic E-state index is 6.30. The van der Waals surface area contributed by atoms with Gasteiger partial charge in [-0.2, -0.15) is 5.10 Å². The Labute approximate surface area is 115 Å². The van der Waals surface area contributed by atoms with E-state index in [1.165, 1.54) is 12.8 Å². The number of hydrogen-bond donors (Lipinski definition) is 1. The lowest BCUT2D eigenvalue weighted by molar-refractivity contribution is 0.247. The summed E-state index contributed by atoms with van der Waals surface area (Å²) in [5, 5.41) is 4.59. The third-order valence-corrected chi connectivity index (χ3v) is 4.31. The Morgan fingerprint density at radius 3 is 2.26 bits per heavy atom. The second-order valence-corrected chi connectivity index (χ2v) is 6.16. The molecule has 2 N–H and O–H groups in total. The van der Waals surface area contributed by atoms with E-state index in [0.717, 1.165) is 49.4 Å². The van der Waals surface area contributed by atoms with Crippen LogP contribution in [0, 0.1) is 0 Å². The van der Waals surface area contributed by atoms with Crippen LogP contribution in [0.2, 0.25) is 0 Å². The van der Waals surface area contributed by atoms with Crippen LogP contribution in [-0.2, 0) is 7.05 Å². The third-order valence-electron chi connectivity index (χ3n) is 4.31. The van der Waals surface area contributed by atoms with E-state index >= 15 is 0 Å². The van der Waals surface area contributed by atoms with Gasteiger partial charge in [0.2, 0.25) is 0 Å². The van der Waals surface area contributed by atoms with Crippen LogP contribution in [0.1, 0.15) is 38.3 Å². The second-order valence-electron chi connectivity index (χ2n) is 6.16. The molecule has 0 atom stereocenters. The third kappa shape index (κ3) is 2.31. The molecule has 2 fully saturated rings. The average Bonchev–Trinajstić information content (AvgIpc) is 3.17. The van der Waals surface area contributed by atoms with Gasteiger partial charge in [0.05, 0.1) is 11.4 Å². The van der Waals surface area contributed by atoms with Crippen molar-refractivity contribution in [2.45, 2.75) is 38.6 Å². The summed E-state index contributed by atoms with van der Waals surface area (Å²) in [5.41, 5.74) is 8.21. The maximum absolute atomic E-state index is 6.30. The fourth-order valence-corrected chi connectivity index (χ4v) is 3.09. The van der Waals surface area contributed by atoms with Crippen molar-refractivity contribution in [2.24, 2.45) is 7.05 Å². The summed E-state index contributed by atoms with van der Waals surface area (Å²) in [6, 6.07) is 0.872. The predicted octanol–water partition coefficient (Wildman–Crippen LogP) is 1.41. The van der Waals surface area contributed by atoms with Gasteiger partial charge in [-0.05, 0) is 18.8 Å². The summed E-state index contributed by atoms with van der Waals surface area (Å²) in [5.74, 6) is 1.49. The lowest BCUT2D eigenvalue weighted by Gasteiger charge is -2.36. The summed E-state index contributed by atoms with van der Waals surface area (Å²) in [6.45, 7) is 8.75. The number of nitrogen functional groups attached to an aromatic ring is 1. The van der Waals surface area contributed by atoms with E-state index in [0.29, 0.717) is 5.92 Å². The molecule has 0 amide bonds. The van der Waals surface area contributed by atoms with Crippen molar-refractivity contribution in [1.29, 1.82) is 0 Å². The zero-order valence-corrected chi connectivity index (χ0v) is 12.3. The molecule has 2 aliphatic rings. The van der Waals surface area contributed by atoms with Crippen molar-refractivity contribution in [3.8, 4) is 0 Å². The van der Waals surface area contributed by atoms with Crippen LogP contribution in [0.3, 0.4) is 0 Å². The van der Waals surface area contributed by atoms with Crippen molar-refractivity contribution in [1.82, 2.24) is 14.7 Å². The molecule has 0 radical (unpaired) electrons. The Balaban J connectivity index is 1.75. The lowest BCUT2D eigenvalue weighted by Crippen LogP contribution is -2.47. The van der Waals surface area contributed by atoms with E-state index in [9.17, 15) is 0 Å². The second kappa shape index (κ2) is 4.71. The Kier molecular flexibility index (Phi) is 3.17. The van der Waals surface area contributed by atoms with E-state index in [1.807, 2.05) is 11.7 Å². The van der Waals surface area contributed by atoms with Gasteiger partial charge in [0.25, 0.3) is 0 Å². The molecular weight excluding hydrogens is 238 g/mol. The number of rotatable bonds is 3. The lowest BCUT2D eigenvalue weighted by atomic mass is 10.1. The number of piperazine rings is 1. The zero-order valence-electron chi connectivity index (χ0n) is 12.3. The molecule has 5 nitrogen and oxygen atoms in total. The Morgan fingerprint density at radius 1 is 1.16 bits per heavy atom. The van der Waals surface area contributed by atoms with Crippen molar-refractivity contribution < 1.29 is 0 Å². The van der Waals surface area contributed by atoms with Gasteiger partial charge in [-0.1, -0.05) is 13.8 Å². The molecule has 1 aromatic rings. The van der Waals surface area contributed by atoms with Gasteiger partial charge < -0.3 is 10.6 Å². The highest BCUT2D eigenvalue weighted by Crippen LogP contribution is 2.33. The van der Waals surface area contributed by atoms with Gasteiger partial charge in [0.15, 0.2) is 5.82 Å². The molecule has 1 aliphatic heterocycles. The molecule has 3 rings (SSSR count). The molecule has 19 heavy (non-hydrogen) atoms. The molecule has 106 valence electrons. The normalized spacial score (nSPS) is 21.4. The molecule has 1 aliphatic carbocycles. The van der Waals surface area contributed by atoms with E-state index in [4.69, 9.17) is 5.73 Å². The van der Waals surface area contributed by atoms with Crippen LogP contribution in [0.4, 0.5) is 11.5 Å². The van der Waals surface area contributed by atoms with Crippen LogP contribution in [0.5, 0.6) is 0 Å². The van der Waals surface area contributed by atoms with Gasteiger partial charge >= 0.3 is 0 Å². The van der Waals surface area contributed by atoms with Gasteiger partial charge in [-0.15, -0.1) is 0 Å². The summed E-state index contributed by atoms with van der Waals surface area (Å²) in [6.07, 6.45) is 2.79. The SMILES string of the molecule is CC(C)c1nn(C)c(N2CCN(C3CC3)CC2)c1N. The first-order chi connectivity index (χ1) is 9.08. The van der Waals surface area contributed by atoms with E-state index in [2.05, 4.69) is 28.7 Å². The highest BCUT2D eigenvalue weighted by Gasteiger charge is 2.32. The van der Waals surface area contributed by atoms with Gasteiger partial charge in [-0.3, -0.25) is 9.58 Å². The number of aryl methyl sites for hydroxylation is 1. The molecule has 2 heterocycles. The zero-order chi connectivity index (χ0) is 13.6. The molecule has 5 heteroatoms. The van der Waals surface area contributed by atoms with E-state index in [-0.39, 0.29) is 0 Å². The summed E-state index contributed by atoms with van der Waals surface area (Å²) < 4.78 is 1.96. The molecule has 0 bridgehead atoms. The summed E-state index contributed by atoms with van der Waals surface area (Å²) >= 11 is 0. The van der Waals surface area contributed by atoms with Crippen molar-refractivity contribution in [3.63, 3.8) is 0 Å². The minimum Gasteiger partial charge on any atom is -0.394 e. The fraction of sp³-hybridized carbons (Fsp3) is 0.786. The molecule has 0 aromatic carbocycles. The number of aromatic nitrogens is 2. The van der Waals surface area contributed by atoms with Gasteiger partial charge in [-0.25, -0.2) is 0 Å². The summed E-state index contributed by atoms with van der Waals surface area (Å²) in [4.78, 5) is 5.01. The number of nitrogens with zero attached hydrogens (tertiary/aromatic N) is 4. The fourth-order valence-electron chi connectivity index (χ4n) is 3.09. The smallest absolute Gasteiger partial charge is 0.150 e. The first-order valence-electron chi connectivity index (χ1n) is 7.39. The quantitative estimate of drug-likeness (QED) is 0.896. The van der Waals surface area contributed by atoms with Crippen molar-refractivity contribution in [2.75, 3.05) is 36.8 Å². The number of hydrogen-bond acceptors (Lipinski definition) is 4. The Hall–Kier alpha value is -1.23. The highest BCUT2D eigenvalue weighted by atomic mass is 15.4. The molecule has 1 aromatic heterocycles. The molecule has 1 saturated carbocycles. The standard InChI is InChI=1S/C14H25N5/c1-10(2)13-12(15)14(17(3)16-13)19-8-6-18(7-9-19)11-4-5-11/h10-11H,4-9,15H2,1-3H3. The molecular formula is C14H25N5. The predicted molar refractivity (Wildman–Crippen MR) is 78.5 cm³/mol. The summed E-state index contributed by atoms with van der Waals surface area (Å²) in [7, 11) is 2.00. The van der Waals surface area contributed by atoms with Crippen LogP contribution in [0.25, 0.3) is 0 Å². The minimum atomic E-state index is 0.382. The van der Waals surface area contributed by atoms with Gasteiger partial charge in [0, 0.05) is 39.3 Å². The number of nitrogens with two attached hydrogens (primary N) is 1. The van der Waals surface area contributed by atoms with Crippen LogP contribution < -0.4 is 10.6 Å². The van der Waals surface area contributed by atoms with E-state index in [1.54, 1.807) is 0 Å². The Morgan fingerprint density at radius 2 is 1.79 bits per heavy atom. The van der Waals surface area contributed by atoms with E-state index < -0.39 is 0 Å². The largest absolute Gasteiger partial charge is 0.394 e. The van der Waals surface area contributed by atoms with Gasteiger partial charge in [0.1, 0.15) is 0 Å². The first kappa shape index (κ1) is 12.8. The molecule has 0 spiro atoms. The minimum absolute atomic E-state index is 0.382. The van der Waals surface area contributed by atoms with Crippen LogP contribution in [-0.4, -0.2) is 46.9 Å². The Bertz CT molecular complexity index is 453. The van der Waals surface area contributed by atoms with Crippen molar-refractivity contribution >= 4 is 11.5 Å². The first-order valence-corrected chi connectivity index (χ1v) is 7.39.